The van der Waals surface area contributed by atoms with Crippen molar-refractivity contribution in [2.24, 2.45) is 5.92 Å². The summed E-state index contributed by atoms with van der Waals surface area (Å²) in [5.41, 5.74) is 3.91. The molecule has 34 heavy (non-hydrogen) atoms. The van der Waals surface area contributed by atoms with Crippen molar-refractivity contribution in [1.82, 2.24) is 14.9 Å². The van der Waals surface area contributed by atoms with Crippen LogP contribution in [0, 0.1) is 5.92 Å². The Morgan fingerprint density at radius 1 is 1.15 bits per heavy atom. The monoisotopic (exact) mass is 500 g/mol. The summed E-state index contributed by atoms with van der Waals surface area (Å²) >= 11 is 12.3. The van der Waals surface area contributed by atoms with Gasteiger partial charge in [0.15, 0.2) is 11.5 Å². The summed E-state index contributed by atoms with van der Waals surface area (Å²) in [4.78, 5) is 24.0. The zero-order valence-electron chi connectivity index (χ0n) is 19.7. The third kappa shape index (κ3) is 5.45. The third-order valence-corrected chi connectivity index (χ3v) is 7.16. The third-order valence-electron chi connectivity index (χ3n) is 6.58. The molecule has 0 radical (unpaired) electrons. The van der Waals surface area contributed by atoms with Crippen LogP contribution < -0.4 is 5.32 Å². The number of carbonyl (C=O) groups excluding carboxylic acids is 1. The number of ketones is 1. The number of hydrogen-bond acceptors (Lipinski definition) is 6. The number of aromatic hydroxyl groups is 1. The smallest absolute Gasteiger partial charge is 0.163 e. The van der Waals surface area contributed by atoms with Crippen LogP contribution in [-0.2, 0) is 0 Å². The number of benzene rings is 1. The molecule has 0 aliphatic heterocycles. The van der Waals surface area contributed by atoms with E-state index in [1.807, 2.05) is 12.1 Å². The van der Waals surface area contributed by atoms with Gasteiger partial charge >= 0.3 is 0 Å². The molecule has 0 atom stereocenters. The molecule has 0 spiro atoms. The molecule has 1 aliphatic rings. The summed E-state index contributed by atoms with van der Waals surface area (Å²) in [5.74, 6) is 0.534. The van der Waals surface area contributed by atoms with Gasteiger partial charge in [-0.3, -0.25) is 9.78 Å². The van der Waals surface area contributed by atoms with E-state index < -0.39 is 0 Å². The highest BCUT2D eigenvalue weighted by atomic mass is 35.5. The van der Waals surface area contributed by atoms with E-state index in [0.29, 0.717) is 27.9 Å². The molecular formula is C26H30Cl2N4O2. The highest BCUT2D eigenvalue weighted by Crippen LogP contribution is 2.37. The van der Waals surface area contributed by atoms with Gasteiger partial charge in [0.1, 0.15) is 5.52 Å². The van der Waals surface area contributed by atoms with E-state index in [-0.39, 0.29) is 27.6 Å². The first-order chi connectivity index (χ1) is 16.2. The van der Waals surface area contributed by atoms with Crippen LogP contribution in [0.4, 0.5) is 5.69 Å². The van der Waals surface area contributed by atoms with Crippen LogP contribution in [0.5, 0.6) is 5.75 Å². The van der Waals surface area contributed by atoms with Gasteiger partial charge in [-0.1, -0.05) is 23.2 Å². The average molecular weight is 501 g/mol. The standard InChI is InChI=1S/C26H30Cl2N4O2/c1-15(33)19-14-29-23-9-8-22(17-12-20(27)26(34)21(28)13-17)31-25(23)24(19)30-18-6-4-16(5-7-18)10-11-32(2)3/h8-9,12-14,16,18,34H,4-7,10-11H2,1-3H3,(H,29,30)/t16-,18-. The van der Waals surface area contributed by atoms with Crippen molar-refractivity contribution in [3.05, 3.63) is 46.1 Å². The lowest BCUT2D eigenvalue weighted by Crippen LogP contribution is -2.28. The number of Topliss-reactive ketones (excluding diaryl/α,β-unsaturated/α-hetero) is 1. The number of pyridine rings is 2. The molecule has 1 aromatic carbocycles. The summed E-state index contributed by atoms with van der Waals surface area (Å²) in [5, 5.41) is 13.9. The molecule has 0 amide bonds. The van der Waals surface area contributed by atoms with Crippen molar-refractivity contribution >= 4 is 45.7 Å². The highest BCUT2D eigenvalue weighted by Gasteiger charge is 2.24. The molecule has 0 saturated heterocycles. The fourth-order valence-electron chi connectivity index (χ4n) is 4.59. The Balaban J connectivity index is 1.66. The van der Waals surface area contributed by atoms with Gasteiger partial charge in [0, 0.05) is 17.8 Å². The Morgan fingerprint density at radius 2 is 1.82 bits per heavy atom. The number of aromatic nitrogens is 2. The van der Waals surface area contributed by atoms with E-state index >= 15 is 0 Å². The van der Waals surface area contributed by atoms with E-state index in [1.54, 1.807) is 25.3 Å². The maximum absolute atomic E-state index is 12.5. The minimum atomic E-state index is -0.156. The molecule has 2 aromatic heterocycles. The number of phenolic OH excluding ortho intramolecular Hbond substituents is 1. The molecule has 2 heterocycles. The van der Waals surface area contributed by atoms with Crippen LogP contribution in [0.1, 0.15) is 49.4 Å². The van der Waals surface area contributed by atoms with Crippen molar-refractivity contribution in [3.8, 4) is 17.0 Å². The number of nitrogens with one attached hydrogen (secondary N) is 1. The van der Waals surface area contributed by atoms with Gasteiger partial charge in [-0.05, 0) is 89.9 Å². The number of anilines is 1. The first-order valence-corrected chi connectivity index (χ1v) is 12.4. The number of phenols is 1. The Labute approximate surface area is 210 Å². The predicted molar refractivity (Wildman–Crippen MR) is 139 cm³/mol. The van der Waals surface area contributed by atoms with E-state index in [1.165, 1.54) is 19.3 Å². The van der Waals surface area contributed by atoms with E-state index in [0.717, 1.165) is 31.0 Å². The van der Waals surface area contributed by atoms with Gasteiger partial charge in [0.05, 0.1) is 32.5 Å². The molecule has 4 rings (SSSR count). The lowest BCUT2D eigenvalue weighted by Gasteiger charge is -2.31. The molecule has 8 heteroatoms. The molecule has 3 aromatic rings. The minimum Gasteiger partial charge on any atom is -0.505 e. The summed E-state index contributed by atoms with van der Waals surface area (Å²) in [6.07, 6.45) is 7.31. The summed E-state index contributed by atoms with van der Waals surface area (Å²) in [7, 11) is 4.23. The summed E-state index contributed by atoms with van der Waals surface area (Å²) in [6, 6.07) is 7.24. The van der Waals surface area contributed by atoms with Crippen LogP contribution in [0.3, 0.4) is 0 Å². The first kappa shape index (κ1) is 24.7. The van der Waals surface area contributed by atoms with Gasteiger partial charge < -0.3 is 15.3 Å². The van der Waals surface area contributed by atoms with E-state index in [2.05, 4.69) is 29.3 Å². The average Bonchev–Trinajstić information content (AvgIpc) is 2.81. The van der Waals surface area contributed by atoms with Crippen LogP contribution in [0.2, 0.25) is 10.0 Å². The molecular weight excluding hydrogens is 471 g/mol. The maximum Gasteiger partial charge on any atom is 0.163 e. The Bertz CT molecular complexity index is 1180. The Hall–Kier alpha value is -2.41. The molecule has 1 saturated carbocycles. The predicted octanol–water partition coefficient (Wildman–Crippen LogP) is 6.43. The largest absolute Gasteiger partial charge is 0.505 e. The van der Waals surface area contributed by atoms with E-state index in [4.69, 9.17) is 28.2 Å². The lowest BCUT2D eigenvalue weighted by molar-refractivity contribution is 0.101. The summed E-state index contributed by atoms with van der Waals surface area (Å²) < 4.78 is 0. The maximum atomic E-state index is 12.5. The Morgan fingerprint density at radius 3 is 2.44 bits per heavy atom. The van der Waals surface area contributed by atoms with Gasteiger partial charge in [0.2, 0.25) is 0 Å². The molecule has 0 unspecified atom stereocenters. The molecule has 1 aliphatic carbocycles. The molecule has 1 fully saturated rings. The summed E-state index contributed by atoms with van der Waals surface area (Å²) in [6.45, 7) is 2.67. The van der Waals surface area contributed by atoms with Crippen LogP contribution in [0.25, 0.3) is 22.3 Å². The van der Waals surface area contributed by atoms with Crippen molar-refractivity contribution in [2.45, 2.75) is 45.1 Å². The zero-order valence-corrected chi connectivity index (χ0v) is 21.2. The van der Waals surface area contributed by atoms with Gasteiger partial charge in [0.25, 0.3) is 0 Å². The van der Waals surface area contributed by atoms with Gasteiger partial charge in [-0.15, -0.1) is 0 Å². The molecule has 6 nitrogen and oxygen atoms in total. The van der Waals surface area contributed by atoms with Crippen LogP contribution >= 0.6 is 23.2 Å². The van der Waals surface area contributed by atoms with Crippen molar-refractivity contribution in [1.29, 1.82) is 0 Å². The quantitative estimate of drug-likeness (QED) is 0.363. The van der Waals surface area contributed by atoms with Crippen LogP contribution in [0.15, 0.2) is 30.5 Å². The Kier molecular flexibility index (Phi) is 7.60. The molecule has 180 valence electrons. The van der Waals surface area contributed by atoms with Gasteiger partial charge in [-0.2, -0.15) is 0 Å². The lowest BCUT2D eigenvalue weighted by atomic mass is 9.84. The molecule has 2 N–H and O–H groups in total. The molecule has 0 bridgehead atoms. The normalized spacial score (nSPS) is 18.4. The van der Waals surface area contributed by atoms with Crippen molar-refractivity contribution in [2.75, 3.05) is 26.0 Å². The fraction of sp³-hybridized carbons (Fsp3) is 0.423. The second kappa shape index (κ2) is 10.5. The number of carbonyl (C=O) groups is 1. The SMILES string of the molecule is CC(=O)c1cnc2ccc(-c3cc(Cl)c(O)c(Cl)c3)nc2c1N[C@H]1CC[C@H](CCN(C)C)CC1. The van der Waals surface area contributed by atoms with Gasteiger partial charge in [-0.25, -0.2) is 4.98 Å². The second-order valence-electron chi connectivity index (χ2n) is 9.41. The van der Waals surface area contributed by atoms with Crippen molar-refractivity contribution in [3.63, 3.8) is 0 Å². The van der Waals surface area contributed by atoms with Crippen LogP contribution in [-0.4, -0.2) is 52.4 Å². The van der Waals surface area contributed by atoms with Crippen molar-refractivity contribution < 1.29 is 9.90 Å². The number of fused-ring (bicyclic) bond motifs is 1. The second-order valence-corrected chi connectivity index (χ2v) is 10.2. The first-order valence-electron chi connectivity index (χ1n) is 11.6. The number of halogens is 2. The number of nitrogens with zero attached hydrogens (tertiary/aromatic N) is 3. The topological polar surface area (TPSA) is 78.3 Å². The highest BCUT2D eigenvalue weighted by molar-refractivity contribution is 6.37. The number of rotatable bonds is 7. The number of hydrogen-bond donors (Lipinski definition) is 2. The van der Waals surface area contributed by atoms with E-state index in [9.17, 15) is 9.90 Å². The minimum absolute atomic E-state index is 0.0560. The fourth-order valence-corrected chi connectivity index (χ4v) is 5.08. The zero-order chi connectivity index (χ0) is 24.4.